The Kier molecular flexibility index (Phi) is 9.19. The van der Waals surface area contributed by atoms with E-state index in [1.165, 1.54) is 25.1 Å². The molecule has 0 aliphatic rings. The Labute approximate surface area is 270 Å². The summed E-state index contributed by atoms with van der Waals surface area (Å²) in [5.41, 5.74) is -1.46. The first-order valence-corrected chi connectivity index (χ1v) is 14.6. The van der Waals surface area contributed by atoms with Gasteiger partial charge in [-0.2, -0.15) is 31.4 Å². The third kappa shape index (κ3) is 6.74. The van der Waals surface area contributed by atoms with Gasteiger partial charge < -0.3 is 18.6 Å². The summed E-state index contributed by atoms with van der Waals surface area (Å²) >= 11 is 4.33. The van der Waals surface area contributed by atoms with Crippen LogP contribution in [0.1, 0.15) is 18.2 Å². The van der Waals surface area contributed by atoms with Crippen LogP contribution in [0.25, 0.3) is 20.9 Å². The molecule has 0 spiro atoms. The molecule has 0 saturated carbocycles. The molecule has 5 rings (SSSR count). The van der Waals surface area contributed by atoms with Gasteiger partial charge in [0.25, 0.3) is 12.1 Å². The van der Waals surface area contributed by atoms with Gasteiger partial charge in [0.15, 0.2) is 0 Å². The average molecular weight is 725 g/mol. The van der Waals surface area contributed by atoms with Gasteiger partial charge in [-0.15, -0.1) is 11.3 Å². The van der Waals surface area contributed by atoms with Gasteiger partial charge in [-0.25, -0.2) is 14.8 Å². The smallest absolute Gasteiger partial charge is 0.408 e. The number of benzene rings is 1. The molecule has 4 aromatic heterocycles. The fourth-order valence-electron chi connectivity index (χ4n) is 4.33. The summed E-state index contributed by atoms with van der Waals surface area (Å²) in [7, 11) is 12.0. The number of furan rings is 1. The van der Waals surface area contributed by atoms with Crippen LogP contribution >= 0.6 is 27.3 Å². The number of hydrogen-bond acceptors (Lipinski definition) is 9. The number of esters is 1. The summed E-state index contributed by atoms with van der Waals surface area (Å²) in [6, 6.07) is 6.95. The van der Waals surface area contributed by atoms with Crippen molar-refractivity contribution in [3.63, 3.8) is 0 Å². The van der Waals surface area contributed by atoms with Gasteiger partial charge in [0.05, 0.1) is 38.0 Å². The van der Waals surface area contributed by atoms with Gasteiger partial charge >= 0.3 is 18.1 Å². The van der Waals surface area contributed by atoms with Crippen LogP contribution < -0.4 is 9.47 Å². The number of nitrogens with zero attached hydrogens (tertiary/aromatic N) is 4. The number of thiophene rings is 1. The molecule has 1 aromatic carbocycles. The molecular weight excluding hydrogens is 708 g/mol. The molecule has 0 fully saturated rings. The van der Waals surface area contributed by atoms with Gasteiger partial charge in [0.2, 0.25) is 5.88 Å². The van der Waals surface area contributed by atoms with Crippen LogP contribution in [0, 0.1) is 6.01 Å². The normalized spacial score (nSPS) is 13.1. The summed E-state index contributed by atoms with van der Waals surface area (Å²) in [5, 5.41) is 1.01. The number of hydrogen-bond donors (Lipinski definition) is 0. The van der Waals surface area contributed by atoms with Crippen LogP contribution in [-0.2, 0) is 27.4 Å². The Morgan fingerprint density at radius 3 is 2.52 bits per heavy atom. The molecule has 0 aliphatic carbocycles. The van der Waals surface area contributed by atoms with Crippen molar-refractivity contribution in [2.75, 3.05) is 6.61 Å². The number of para-hydroxylation sites is 1. The number of aromatic nitrogens is 4. The maximum absolute atomic E-state index is 16.5. The van der Waals surface area contributed by atoms with Crippen LogP contribution in [0.15, 0.2) is 63.9 Å². The lowest BCUT2D eigenvalue weighted by Gasteiger charge is -2.32. The fraction of sp³-hybridized carbons (Fsp3) is 0.259. The molecule has 0 unspecified atom stereocenters. The Hall–Kier alpha value is -3.99. The van der Waals surface area contributed by atoms with E-state index in [-0.39, 0.29) is 27.1 Å². The second-order valence-corrected chi connectivity index (χ2v) is 11.3. The molecule has 0 amide bonds. The molecule has 5 aromatic rings. The standard InChI is InChI=1S/C27H17B2BrF6N4O5S/c1-2-42-24(41)21(44-22-18-19(30)20(15-7-8-17(31)43-15)46-23(18)38-12-37-22)26(35,36)13-5-3-4-6-14(13)45-27(28,29)16-9-10-39-40(16)11-25(32,33)34/h3-10,12,21H,2,11H2,1H3/t21-/m1/s1. The number of fused-ring (bicyclic) bond motifs is 1. The zero-order chi connectivity index (χ0) is 33.4. The van der Waals surface area contributed by atoms with Crippen molar-refractivity contribution in [1.82, 2.24) is 19.7 Å². The highest BCUT2D eigenvalue weighted by molar-refractivity contribution is 9.10. The van der Waals surface area contributed by atoms with Crippen LogP contribution in [0.5, 0.6) is 11.6 Å². The molecule has 46 heavy (non-hydrogen) atoms. The monoisotopic (exact) mass is 724 g/mol. The van der Waals surface area contributed by atoms with Gasteiger partial charge in [-0.05, 0) is 47.1 Å². The highest BCUT2D eigenvalue weighted by Crippen LogP contribution is 2.47. The van der Waals surface area contributed by atoms with Crippen molar-refractivity contribution in [1.29, 1.82) is 0 Å². The zero-order valence-electron chi connectivity index (χ0n) is 23.2. The quantitative estimate of drug-likeness (QED) is 0.0897. The minimum atomic E-state index is -4.72. The first kappa shape index (κ1) is 33.4. The van der Waals surface area contributed by atoms with E-state index < -0.39 is 65.0 Å². The molecule has 4 heterocycles. The van der Waals surface area contributed by atoms with Gasteiger partial charge in [-0.3, -0.25) is 4.68 Å². The number of rotatable bonds is 11. The number of ether oxygens (including phenoxy) is 3. The predicted molar refractivity (Wildman–Crippen MR) is 156 cm³/mol. The maximum Gasteiger partial charge on any atom is 0.408 e. The van der Waals surface area contributed by atoms with Crippen molar-refractivity contribution in [2.24, 2.45) is 0 Å². The van der Waals surface area contributed by atoms with E-state index in [0.29, 0.717) is 9.56 Å². The van der Waals surface area contributed by atoms with Crippen LogP contribution in [0.4, 0.5) is 26.3 Å². The Bertz CT molecular complexity index is 1880. The van der Waals surface area contributed by atoms with E-state index in [2.05, 4.69) is 31.0 Å². The SMILES string of the molecule is [B]C([B])(Oc1ccccc1C(F)(F)[C@H](Oc1ncnc2sc(-c3ccc(F)o3)c(Br)c12)C(=O)OCC)c1ccnn1CC(F)(F)F. The maximum atomic E-state index is 16.5. The number of halogens is 7. The lowest BCUT2D eigenvalue weighted by molar-refractivity contribution is -0.174. The van der Waals surface area contributed by atoms with Crippen molar-refractivity contribution >= 4 is 59.1 Å². The minimum absolute atomic E-state index is 0.0646. The summed E-state index contributed by atoms with van der Waals surface area (Å²) in [4.78, 5) is 21.6. The van der Waals surface area contributed by atoms with Gasteiger partial charge in [0, 0.05) is 12.3 Å². The third-order valence-corrected chi connectivity index (χ3v) is 8.39. The second-order valence-electron chi connectivity index (χ2n) is 9.46. The molecule has 9 nitrogen and oxygen atoms in total. The van der Waals surface area contributed by atoms with Crippen molar-refractivity contribution < 1.29 is 49.8 Å². The van der Waals surface area contributed by atoms with Gasteiger partial charge in [0.1, 0.15) is 44.9 Å². The zero-order valence-corrected chi connectivity index (χ0v) is 25.6. The second kappa shape index (κ2) is 12.7. The number of carbonyl (C=O) groups excluding carboxylic acids is 1. The molecule has 4 radical (unpaired) electrons. The first-order valence-electron chi connectivity index (χ1n) is 13.0. The number of alkyl halides is 5. The minimum Gasteiger partial charge on any atom is -0.501 e. The van der Waals surface area contributed by atoms with Crippen LogP contribution in [0.3, 0.4) is 0 Å². The summed E-state index contributed by atoms with van der Waals surface area (Å²) in [5.74, 6) is -6.82. The molecule has 0 saturated heterocycles. The van der Waals surface area contributed by atoms with E-state index in [0.717, 1.165) is 48.1 Å². The van der Waals surface area contributed by atoms with E-state index in [9.17, 15) is 22.4 Å². The predicted octanol–water partition coefficient (Wildman–Crippen LogP) is 6.24. The first-order chi connectivity index (χ1) is 21.6. The van der Waals surface area contributed by atoms with E-state index >= 15 is 8.78 Å². The summed E-state index contributed by atoms with van der Waals surface area (Å²) in [6.45, 7) is -0.507. The molecular formula is C27H17B2BrF6N4O5S. The Balaban J connectivity index is 1.54. The summed E-state index contributed by atoms with van der Waals surface area (Å²) in [6.07, 6.45) is -5.44. The molecule has 1 atom stereocenters. The largest absolute Gasteiger partial charge is 0.501 e. The third-order valence-electron chi connectivity index (χ3n) is 6.22. The summed E-state index contributed by atoms with van der Waals surface area (Å²) < 4.78 is 107. The highest BCUT2D eigenvalue weighted by atomic mass is 79.9. The molecule has 19 heteroatoms. The Morgan fingerprint density at radius 1 is 1.11 bits per heavy atom. The molecule has 0 N–H and O–H groups in total. The fourth-order valence-corrected chi connectivity index (χ4v) is 6.24. The number of carbonyl (C=O) groups is 1. The van der Waals surface area contributed by atoms with E-state index in [1.807, 2.05) is 0 Å². The van der Waals surface area contributed by atoms with Crippen molar-refractivity contribution in [3.8, 4) is 22.3 Å². The van der Waals surface area contributed by atoms with Crippen molar-refractivity contribution in [2.45, 2.75) is 37.1 Å². The van der Waals surface area contributed by atoms with Crippen LogP contribution in [-0.4, -0.2) is 60.3 Å². The highest BCUT2D eigenvalue weighted by Gasteiger charge is 2.52. The topological polar surface area (TPSA) is 102 Å². The van der Waals surface area contributed by atoms with E-state index in [4.69, 9.17) is 34.3 Å². The van der Waals surface area contributed by atoms with Crippen LogP contribution in [0.2, 0.25) is 0 Å². The Morgan fingerprint density at radius 2 is 1.85 bits per heavy atom. The lowest BCUT2D eigenvalue weighted by atomic mass is 9.63. The molecule has 0 aliphatic heterocycles. The average Bonchev–Trinajstić information content (AvgIpc) is 3.70. The molecule has 236 valence electrons. The van der Waals surface area contributed by atoms with E-state index in [1.54, 1.807) is 0 Å². The molecule has 0 bridgehead atoms. The van der Waals surface area contributed by atoms with Gasteiger partial charge in [-0.1, -0.05) is 12.1 Å². The van der Waals surface area contributed by atoms with Crippen molar-refractivity contribution in [3.05, 3.63) is 76.7 Å². The lowest BCUT2D eigenvalue weighted by Crippen LogP contribution is -2.45.